The topological polar surface area (TPSA) is 37.4 Å². The first kappa shape index (κ1) is 16.6. The number of halogens is 1. The Morgan fingerprint density at radius 1 is 1.00 bits per heavy atom. The lowest BCUT2D eigenvalue weighted by Crippen LogP contribution is -2.26. The van der Waals surface area contributed by atoms with Gasteiger partial charge in [-0.2, -0.15) is 4.31 Å². The molecule has 0 aromatic heterocycles. The molecule has 5 heteroatoms. The van der Waals surface area contributed by atoms with Gasteiger partial charge in [0.1, 0.15) is 5.82 Å². The third kappa shape index (κ3) is 3.72. The molecule has 0 saturated heterocycles. The molecule has 2 rings (SSSR count). The van der Waals surface area contributed by atoms with E-state index in [1.54, 1.807) is 24.3 Å². The Kier molecular flexibility index (Phi) is 4.98. The summed E-state index contributed by atoms with van der Waals surface area (Å²) < 4.78 is 39.2. The zero-order valence-corrected chi connectivity index (χ0v) is 13.8. The number of nitrogens with zero attached hydrogens (tertiary/aromatic N) is 1. The van der Waals surface area contributed by atoms with Crippen molar-refractivity contribution in [1.29, 1.82) is 0 Å². The van der Waals surface area contributed by atoms with Crippen LogP contribution >= 0.6 is 0 Å². The molecule has 0 aliphatic heterocycles. The van der Waals surface area contributed by atoms with Crippen molar-refractivity contribution in [1.82, 2.24) is 4.31 Å². The fourth-order valence-corrected chi connectivity index (χ4v) is 3.30. The molecule has 22 heavy (non-hydrogen) atoms. The molecule has 3 nitrogen and oxygen atoms in total. The van der Waals surface area contributed by atoms with Gasteiger partial charge in [0, 0.05) is 13.6 Å². The third-order valence-corrected chi connectivity index (χ3v) is 5.39. The Hall–Kier alpha value is -1.72. The summed E-state index contributed by atoms with van der Waals surface area (Å²) >= 11 is 0. The maximum absolute atomic E-state index is 12.9. The van der Waals surface area contributed by atoms with E-state index in [4.69, 9.17) is 0 Å². The summed E-state index contributed by atoms with van der Waals surface area (Å²) in [4.78, 5) is 0.265. The summed E-state index contributed by atoms with van der Waals surface area (Å²) in [5, 5.41) is 0. The average Bonchev–Trinajstić information content (AvgIpc) is 2.49. The molecule has 0 aliphatic rings. The monoisotopic (exact) mass is 321 g/mol. The Bertz CT molecular complexity index is 722. The highest BCUT2D eigenvalue weighted by Crippen LogP contribution is 2.20. The SMILES string of the molecule is CC(C)c1ccc(S(=O)(=O)N(C)Cc2ccc(F)cc2)cc1. The highest BCUT2D eigenvalue weighted by molar-refractivity contribution is 7.89. The maximum Gasteiger partial charge on any atom is 0.243 e. The third-order valence-electron chi connectivity index (χ3n) is 3.57. The molecule has 0 radical (unpaired) electrons. The second-order valence-electron chi connectivity index (χ2n) is 5.61. The molecule has 0 atom stereocenters. The number of sulfonamides is 1. The van der Waals surface area contributed by atoms with Crippen LogP contribution in [0.2, 0.25) is 0 Å². The van der Waals surface area contributed by atoms with Crippen LogP contribution in [0.3, 0.4) is 0 Å². The van der Waals surface area contributed by atoms with Gasteiger partial charge >= 0.3 is 0 Å². The van der Waals surface area contributed by atoms with E-state index >= 15 is 0 Å². The van der Waals surface area contributed by atoms with Gasteiger partial charge in [-0.1, -0.05) is 38.1 Å². The molecular formula is C17H20FNO2S. The van der Waals surface area contributed by atoms with Gasteiger partial charge < -0.3 is 0 Å². The molecule has 118 valence electrons. The van der Waals surface area contributed by atoms with Gasteiger partial charge in [0.25, 0.3) is 0 Å². The van der Waals surface area contributed by atoms with Gasteiger partial charge in [-0.25, -0.2) is 12.8 Å². The first-order valence-electron chi connectivity index (χ1n) is 7.11. The Balaban J connectivity index is 2.19. The molecule has 0 unspecified atom stereocenters. The quantitative estimate of drug-likeness (QED) is 0.840. The summed E-state index contributed by atoms with van der Waals surface area (Å²) in [6.07, 6.45) is 0. The summed E-state index contributed by atoms with van der Waals surface area (Å²) in [5.74, 6) is 0.0206. The zero-order valence-electron chi connectivity index (χ0n) is 13.0. The second kappa shape index (κ2) is 6.58. The lowest BCUT2D eigenvalue weighted by Gasteiger charge is -2.18. The van der Waals surface area contributed by atoms with E-state index in [0.29, 0.717) is 5.92 Å². The van der Waals surface area contributed by atoms with Crippen molar-refractivity contribution in [3.63, 3.8) is 0 Å². The van der Waals surface area contributed by atoms with Gasteiger partial charge in [0.05, 0.1) is 4.90 Å². The van der Waals surface area contributed by atoms with E-state index in [0.717, 1.165) is 11.1 Å². The predicted octanol–water partition coefficient (Wildman–Crippen LogP) is 3.77. The molecule has 0 aliphatic carbocycles. The van der Waals surface area contributed by atoms with Crippen molar-refractivity contribution in [3.05, 3.63) is 65.5 Å². The van der Waals surface area contributed by atoms with Crippen LogP contribution in [0.5, 0.6) is 0 Å². The first-order chi connectivity index (χ1) is 10.3. The molecule has 0 heterocycles. The molecule has 0 amide bonds. The molecule has 0 N–H and O–H groups in total. The van der Waals surface area contributed by atoms with Crippen molar-refractivity contribution < 1.29 is 12.8 Å². The van der Waals surface area contributed by atoms with Crippen molar-refractivity contribution in [2.45, 2.75) is 31.2 Å². The summed E-state index contributed by atoms with van der Waals surface area (Å²) in [7, 11) is -2.03. The minimum absolute atomic E-state index is 0.203. The normalized spacial score (nSPS) is 12.1. The first-order valence-corrected chi connectivity index (χ1v) is 8.55. The fraction of sp³-hybridized carbons (Fsp3) is 0.294. The van der Waals surface area contributed by atoms with Crippen LogP contribution in [0, 0.1) is 5.82 Å². The van der Waals surface area contributed by atoms with E-state index in [-0.39, 0.29) is 17.3 Å². The van der Waals surface area contributed by atoms with Crippen LogP contribution in [-0.4, -0.2) is 19.8 Å². The highest BCUT2D eigenvalue weighted by atomic mass is 32.2. The predicted molar refractivity (Wildman–Crippen MR) is 85.6 cm³/mol. The Morgan fingerprint density at radius 2 is 1.55 bits per heavy atom. The van der Waals surface area contributed by atoms with Crippen molar-refractivity contribution >= 4 is 10.0 Å². The van der Waals surface area contributed by atoms with Crippen molar-refractivity contribution in [3.8, 4) is 0 Å². The van der Waals surface area contributed by atoms with E-state index in [2.05, 4.69) is 13.8 Å². The largest absolute Gasteiger partial charge is 0.243 e. The molecule has 2 aromatic rings. The van der Waals surface area contributed by atoms with E-state index in [1.807, 2.05) is 12.1 Å². The van der Waals surface area contributed by atoms with Gasteiger partial charge in [0.2, 0.25) is 10.0 Å². The number of rotatable bonds is 5. The molecular weight excluding hydrogens is 301 g/mol. The van der Waals surface area contributed by atoms with E-state index in [9.17, 15) is 12.8 Å². The lowest BCUT2D eigenvalue weighted by atomic mass is 10.0. The van der Waals surface area contributed by atoms with Crippen LogP contribution in [0.1, 0.15) is 30.9 Å². The van der Waals surface area contributed by atoms with E-state index in [1.165, 1.54) is 23.5 Å². The Labute approximate surface area is 131 Å². The van der Waals surface area contributed by atoms with Crippen LogP contribution < -0.4 is 0 Å². The van der Waals surface area contributed by atoms with Crippen LogP contribution in [-0.2, 0) is 16.6 Å². The maximum atomic E-state index is 12.9. The van der Waals surface area contributed by atoms with Crippen LogP contribution in [0.4, 0.5) is 4.39 Å². The highest BCUT2D eigenvalue weighted by Gasteiger charge is 2.20. The van der Waals surface area contributed by atoms with Crippen molar-refractivity contribution in [2.75, 3.05) is 7.05 Å². The van der Waals surface area contributed by atoms with Crippen LogP contribution in [0.15, 0.2) is 53.4 Å². The van der Waals surface area contributed by atoms with Gasteiger partial charge in [0.15, 0.2) is 0 Å². The zero-order chi connectivity index (χ0) is 16.3. The van der Waals surface area contributed by atoms with Crippen LogP contribution in [0.25, 0.3) is 0 Å². The molecule has 0 fully saturated rings. The minimum atomic E-state index is -3.55. The summed E-state index contributed by atoms with van der Waals surface area (Å²) in [6, 6.07) is 12.8. The minimum Gasteiger partial charge on any atom is -0.207 e. The molecule has 0 spiro atoms. The molecule has 2 aromatic carbocycles. The fourth-order valence-electron chi connectivity index (χ4n) is 2.14. The van der Waals surface area contributed by atoms with Crippen molar-refractivity contribution in [2.24, 2.45) is 0 Å². The summed E-state index contributed by atoms with van der Waals surface area (Å²) in [6.45, 7) is 4.32. The van der Waals surface area contributed by atoms with Gasteiger partial charge in [-0.15, -0.1) is 0 Å². The second-order valence-corrected chi connectivity index (χ2v) is 7.66. The number of benzene rings is 2. The standard InChI is InChI=1S/C17H20FNO2S/c1-13(2)15-6-10-17(11-7-15)22(20,21)19(3)12-14-4-8-16(18)9-5-14/h4-11,13H,12H2,1-3H3. The molecule has 0 saturated carbocycles. The average molecular weight is 321 g/mol. The molecule has 0 bridgehead atoms. The number of hydrogen-bond donors (Lipinski definition) is 0. The lowest BCUT2D eigenvalue weighted by molar-refractivity contribution is 0.466. The summed E-state index contributed by atoms with van der Waals surface area (Å²) in [5.41, 5.74) is 1.84. The Morgan fingerprint density at radius 3 is 2.05 bits per heavy atom. The smallest absolute Gasteiger partial charge is 0.207 e. The number of hydrogen-bond acceptors (Lipinski definition) is 2. The van der Waals surface area contributed by atoms with Gasteiger partial charge in [-0.05, 0) is 41.3 Å². The van der Waals surface area contributed by atoms with Gasteiger partial charge in [-0.3, -0.25) is 0 Å². The van der Waals surface area contributed by atoms with E-state index < -0.39 is 10.0 Å².